The minimum absolute atomic E-state index is 0.0688. The van der Waals surface area contributed by atoms with Crippen molar-refractivity contribution in [3.05, 3.63) is 54.1 Å². The maximum absolute atomic E-state index is 13.7. The van der Waals surface area contributed by atoms with E-state index in [0.29, 0.717) is 6.07 Å². The Bertz CT molecular complexity index is 1240. The van der Waals surface area contributed by atoms with Crippen molar-refractivity contribution in [1.82, 2.24) is 0 Å². The van der Waals surface area contributed by atoms with Crippen LogP contribution in [0.25, 0.3) is 0 Å². The van der Waals surface area contributed by atoms with Gasteiger partial charge in [0.05, 0.1) is 32.2 Å². The second kappa shape index (κ2) is 7.08. The monoisotopic (exact) mass is 451 g/mol. The first kappa shape index (κ1) is 20.7. The highest BCUT2D eigenvalue weighted by atomic mass is 32.2. The molecule has 0 amide bonds. The zero-order chi connectivity index (χ0) is 20.7. The zero-order valence-electron chi connectivity index (χ0n) is 14.2. The number of anilines is 1. The largest absolute Gasteiger partial charge is 0.277 e. The number of rotatable bonds is 5. The Morgan fingerprint density at radius 3 is 2.25 bits per heavy atom. The molecule has 28 heavy (non-hydrogen) atoms. The van der Waals surface area contributed by atoms with E-state index in [1.807, 2.05) is 4.72 Å². The highest BCUT2D eigenvalue weighted by Gasteiger charge is 2.38. The van der Waals surface area contributed by atoms with Crippen molar-refractivity contribution < 1.29 is 34.0 Å². The molecule has 0 unspecified atom stereocenters. The van der Waals surface area contributed by atoms with Crippen LogP contribution in [0.2, 0.25) is 0 Å². The van der Waals surface area contributed by atoms with Crippen molar-refractivity contribution in [3.63, 3.8) is 0 Å². The van der Waals surface area contributed by atoms with Gasteiger partial charge in [-0.15, -0.1) is 0 Å². The molecule has 3 rings (SSSR count). The van der Waals surface area contributed by atoms with E-state index in [1.54, 1.807) is 0 Å². The summed E-state index contributed by atoms with van der Waals surface area (Å²) < 4.78 is 102. The van der Waals surface area contributed by atoms with E-state index >= 15 is 0 Å². The molecule has 0 radical (unpaired) electrons. The molecular weight excluding hydrogens is 436 g/mol. The molecule has 1 heterocycles. The molecule has 0 spiro atoms. The lowest BCUT2D eigenvalue weighted by Gasteiger charge is -2.13. The van der Waals surface area contributed by atoms with Crippen molar-refractivity contribution >= 4 is 35.4 Å². The quantitative estimate of drug-likeness (QED) is 0.741. The molecule has 0 aliphatic carbocycles. The van der Waals surface area contributed by atoms with Crippen LogP contribution in [0.4, 0.5) is 14.5 Å². The average Bonchev–Trinajstić information content (AvgIpc) is 2.98. The summed E-state index contributed by atoms with van der Waals surface area (Å²) in [6, 6.07) is 6.59. The highest BCUT2D eigenvalue weighted by Crippen LogP contribution is 2.27. The van der Waals surface area contributed by atoms with Gasteiger partial charge in [-0.05, 0) is 36.8 Å². The highest BCUT2D eigenvalue weighted by molar-refractivity contribution is 7.96. The molecule has 2 aromatic carbocycles. The van der Waals surface area contributed by atoms with Crippen LogP contribution < -0.4 is 4.72 Å². The summed E-state index contributed by atoms with van der Waals surface area (Å²) in [6.45, 7) is 0. The summed E-state index contributed by atoms with van der Waals surface area (Å²) in [5.41, 5.74) is -0.503. The van der Waals surface area contributed by atoms with E-state index in [2.05, 4.69) is 0 Å². The van der Waals surface area contributed by atoms with Crippen LogP contribution in [0.1, 0.15) is 6.42 Å². The molecule has 0 aromatic heterocycles. The SMILES string of the molecule is O=S1(=O)CC[C@H](S(=O)(=O)c2cccc(S(=O)(=O)Nc3ccc(F)cc3F)c2)C1. The normalized spacial score (nSPS) is 19.4. The van der Waals surface area contributed by atoms with Crippen LogP contribution >= 0.6 is 0 Å². The molecule has 1 aliphatic rings. The third-order valence-corrected chi connectivity index (χ3v) is 9.78. The maximum atomic E-state index is 13.7. The maximum Gasteiger partial charge on any atom is 0.262 e. The fourth-order valence-corrected chi connectivity index (χ4v) is 8.38. The van der Waals surface area contributed by atoms with Crippen LogP contribution in [0.15, 0.2) is 52.3 Å². The van der Waals surface area contributed by atoms with Crippen molar-refractivity contribution in [3.8, 4) is 0 Å². The van der Waals surface area contributed by atoms with Crippen LogP contribution in [0, 0.1) is 11.6 Å². The molecule has 152 valence electrons. The molecular formula is C16H15F2NO6S3. The molecule has 0 bridgehead atoms. The fourth-order valence-electron chi connectivity index (χ4n) is 2.79. The van der Waals surface area contributed by atoms with E-state index < -0.39 is 62.9 Å². The first-order chi connectivity index (χ1) is 12.9. The Kier molecular flexibility index (Phi) is 5.23. The minimum Gasteiger partial charge on any atom is -0.277 e. The Balaban J connectivity index is 1.94. The lowest BCUT2D eigenvalue weighted by Crippen LogP contribution is -2.23. The predicted molar refractivity (Wildman–Crippen MR) is 97.9 cm³/mol. The second-order valence-corrected chi connectivity index (χ2v) is 12.4. The molecule has 1 fully saturated rings. The Morgan fingerprint density at radius 1 is 0.964 bits per heavy atom. The summed E-state index contributed by atoms with van der Waals surface area (Å²) in [6.07, 6.45) is -0.0688. The van der Waals surface area contributed by atoms with Crippen LogP contribution in [0.3, 0.4) is 0 Å². The first-order valence-electron chi connectivity index (χ1n) is 7.93. The van der Waals surface area contributed by atoms with Gasteiger partial charge in [0.2, 0.25) is 0 Å². The second-order valence-electron chi connectivity index (χ2n) is 6.27. The number of sulfonamides is 1. The molecule has 1 N–H and O–H groups in total. The number of sulfone groups is 2. The standard InChI is InChI=1S/C16H15F2NO6S3/c17-11-4-5-16(15(18)8-11)19-28(24,25)13-3-1-2-12(9-13)27(22,23)14-6-7-26(20,21)10-14/h1-5,8-9,14,19H,6-7,10H2/t14-/m0/s1. The number of benzene rings is 2. The van der Waals surface area contributed by atoms with E-state index in [9.17, 15) is 34.0 Å². The van der Waals surface area contributed by atoms with Crippen molar-refractivity contribution in [2.45, 2.75) is 21.5 Å². The molecule has 1 atom stereocenters. The van der Waals surface area contributed by atoms with Gasteiger partial charge in [0.1, 0.15) is 11.6 Å². The number of hydrogen-bond donors (Lipinski definition) is 1. The van der Waals surface area contributed by atoms with Crippen LogP contribution in [0.5, 0.6) is 0 Å². The van der Waals surface area contributed by atoms with Gasteiger partial charge in [0, 0.05) is 6.07 Å². The molecule has 7 nitrogen and oxygen atoms in total. The van der Waals surface area contributed by atoms with Crippen molar-refractivity contribution in [1.29, 1.82) is 0 Å². The Morgan fingerprint density at radius 2 is 1.64 bits per heavy atom. The molecule has 1 aliphatic heterocycles. The van der Waals surface area contributed by atoms with Crippen LogP contribution in [-0.4, -0.2) is 42.0 Å². The summed E-state index contributed by atoms with van der Waals surface area (Å²) in [5, 5.41) is -1.15. The van der Waals surface area contributed by atoms with Gasteiger partial charge < -0.3 is 0 Å². The number of halogens is 2. The van der Waals surface area contributed by atoms with E-state index in [1.165, 1.54) is 6.07 Å². The van der Waals surface area contributed by atoms with Gasteiger partial charge in [-0.1, -0.05) is 6.07 Å². The number of hydrogen-bond acceptors (Lipinski definition) is 6. The first-order valence-corrected chi connectivity index (χ1v) is 12.8. The summed E-state index contributed by atoms with van der Waals surface area (Å²) in [7, 11) is -11.9. The van der Waals surface area contributed by atoms with E-state index in [-0.39, 0.29) is 17.1 Å². The van der Waals surface area contributed by atoms with Crippen LogP contribution in [-0.2, 0) is 29.7 Å². The van der Waals surface area contributed by atoms with Crippen molar-refractivity contribution in [2.24, 2.45) is 0 Å². The molecule has 2 aromatic rings. The Hall–Kier alpha value is -2.05. The third kappa shape index (κ3) is 4.18. The van der Waals surface area contributed by atoms with Gasteiger partial charge in [-0.3, -0.25) is 4.72 Å². The molecule has 12 heteroatoms. The van der Waals surface area contributed by atoms with Gasteiger partial charge in [0.15, 0.2) is 19.7 Å². The Labute approximate surface area is 161 Å². The third-order valence-electron chi connectivity index (χ3n) is 4.25. The predicted octanol–water partition coefficient (Wildman–Crippen LogP) is 1.73. The number of nitrogens with one attached hydrogen (secondary N) is 1. The van der Waals surface area contributed by atoms with E-state index in [0.717, 1.165) is 30.3 Å². The molecule has 1 saturated heterocycles. The van der Waals surface area contributed by atoms with Gasteiger partial charge in [-0.25, -0.2) is 34.0 Å². The fraction of sp³-hybridized carbons (Fsp3) is 0.250. The van der Waals surface area contributed by atoms with Gasteiger partial charge in [-0.2, -0.15) is 0 Å². The topological polar surface area (TPSA) is 114 Å². The smallest absolute Gasteiger partial charge is 0.262 e. The average molecular weight is 451 g/mol. The lowest BCUT2D eigenvalue weighted by atomic mass is 10.3. The summed E-state index contributed by atoms with van der Waals surface area (Å²) in [5.74, 6) is -2.80. The van der Waals surface area contributed by atoms with Gasteiger partial charge in [0.25, 0.3) is 10.0 Å². The van der Waals surface area contributed by atoms with Crippen molar-refractivity contribution in [2.75, 3.05) is 16.2 Å². The van der Waals surface area contributed by atoms with Gasteiger partial charge >= 0.3 is 0 Å². The minimum atomic E-state index is -4.37. The summed E-state index contributed by atoms with van der Waals surface area (Å²) in [4.78, 5) is -0.810. The van der Waals surface area contributed by atoms with E-state index in [4.69, 9.17) is 0 Å². The molecule has 0 saturated carbocycles. The summed E-state index contributed by atoms with van der Waals surface area (Å²) >= 11 is 0. The zero-order valence-corrected chi connectivity index (χ0v) is 16.6. The lowest BCUT2D eigenvalue weighted by molar-refractivity contribution is 0.580.